The molecule has 4 N–H and O–H groups in total. The van der Waals surface area contributed by atoms with Gasteiger partial charge in [0.1, 0.15) is 0 Å². The van der Waals surface area contributed by atoms with Crippen molar-refractivity contribution in [1.82, 2.24) is 0 Å². The molecule has 0 radical (unpaired) electrons. The second-order valence-electron chi connectivity index (χ2n) is 0.571. The van der Waals surface area contributed by atoms with Gasteiger partial charge in [-0.1, -0.05) is 0 Å². The molecule has 0 aromatic heterocycles. The Hall–Kier alpha value is 0.620. The van der Waals surface area contributed by atoms with E-state index >= 15 is 0 Å². The van der Waals surface area contributed by atoms with Crippen LogP contribution in [0.5, 0.6) is 0 Å². The second kappa shape index (κ2) is 7.62. The van der Waals surface area contributed by atoms with E-state index in [4.69, 9.17) is 19.6 Å². The molecule has 0 fully saturated rings. The molecule has 52 valence electrons. The van der Waals surface area contributed by atoms with Crippen LogP contribution < -0.4 is 30.6 Å². The molecule has 6 nitrogen and oxygen atoms in total. The average Bonchev–Trinajstić information content (AvgIpc) is 1.25. The fourth-order valence-electron chi connectivity index (χ4n) is 0. The van der Waals surface area contributed by atoms with Crippen molar-refractivity contribution in [3.8, 4) is 0 Å². The van der Waals surface area contributed by atoms with Crippen molar-refractivity contribution in [3.05, 3.63) is 0 Å². The maximum atomic E-state index is 8.81. The minimum Gasteiger partial charge on any atom is -0.830 e. The zero-order valence-electron chi connectivity index (χ0n) is 3.68. The van der Waals surface area contributed by atoms with Crippen LogP contribution in [0.4, 0.5) is 0 Å². The van der Waals surface area contributed by atoms with Gasteiger partial charge in [-0.2, -0.15) is 0 Å². The molecule has 0 aromatic carbocycles. The summed E-state index contributed by atoms with van der Waals surface area (Å²) in [6.45, 7) is 0. The van der Waals surface area contributed by atoms with E-state index in [0.717, 1.165) is 0 Å². The fourth-order valence-corrected chi connectivity index (χ4v) is 0. The van der Waals surface area contributed by atoms with Gasteiger partial charge in [0.15, 0.2) is 0 Å². The Morgan fingerprint density at radius 2 is 0.750 bits per heavy atom. The highest BCUT2D eigenvalue weighted by Gasteiger charge is 1.31. The van der Waals surface area contributed by atoms with Gasteiger partial charge in [-0.3, -0.25) is 0 Å². The van der Waals surface area contributed by atoms with E-state index in [2.05, 4.69) is 11.0 Å². The van der Waals surface area contributed by atoms with Crippen LogP contribution in [0.3, 0.4) is 0 Å². The first kappa shape index (κ1) is 11.4. The van der Waals surface area contributed by atoms with Crippen LogP contribution in [0.1, 0.15) is 0 Å². The smallest absolute Gasteiger partial charge is 0.242 e. The van der Waals surface area contributed by atoms with E-state index in [9.17, 15) is 0 Å². The van der Waals surface area contributed by atoms with Gasteiger partial charge in [-0.15, -0.1) is 0 Å². The standard InChI is InChI=1S/2H2NO2P/c2*1-4(2)3/h2*1H2/q2*-2. The van der Waals surface area contributed by atoms with Crippen molar-refractivity contribution < 1.29 is 19.6 Å². The summed E-state index contributed by atoms with van der Waals surface area (Å²) in [6.07, 6.45) is 0. The molecule has 0 aliphatic carbocycles. The summed E-state index contributed by atoms with van der Waals surface area (Å²) in [6, 6.07) is 0. The molecule has 0 spiro atoms. The maximum Gasteiger partial charge on any atom is -0.242 e. The Morgan fingerprint density at radius 1 is 0.750 bits per heavy atom. The molecule has 0 saturated heterocycles. The van der Waals surface area contributed by atoms with Crippen molar-refractivity contribution in [1.29, 1.82) is 0 Å². The molecular formula is H4N2O4P2-4. The first-order chi connectivity index (χ1) is 3.46. The highest BCUT2D eigenvalue weighted by molar-refractivity contribution is 7.39. The third kappa shape index (κ3) is 544. The Bertz CT molecular complexity index is 27.5. The van der Waals surface area contributed by atoms with E-state index in [1.165, 1.54) is 0 Å². The number of hydrogen-bond acceptors (Lipinski definition) is 6. The molecule has 8 heteroatoms. The largest absolute Gasteiger partial charge is 0.830 e. The van der Waals surface area contributed by atoms with Crippen LogP contribution in [0, 0.1) is 0 Å². The lowest BCUT2D eigenvalue weighted by atomic mass is 13.9. The molecular weight excluding hydrogens is 154 g/mol. The van der Waals surface area contributed by atoms with Gasteiger partial charge < -0.3 is 30.6 Å². The molecule has 0 amide bonds. The Labute approximate surface area is 48.7 Å². The number of rotatable bonds is 0. The van der Waals surface area contributed by atoms with Crippen molar-refractivity contribution in [2.24, 2.45) is 11.0 Å². The first-order valence-corrected chi connectivity index (χ1v) is 3.74. The van der Waals surface area contributed by atoms with Gasteiger partial charge in [0.05, 0.1) is 0 Å². The normalized spacial score (nSPS) is 9.00. The molecule has 0 rings (SSSR count). The van der Waals surface area contributed by atoms with E-state index in [0.29, 0.717) is 0 Å². The molecule has 0 heterocycles. The summed E-state index contributed by atoms with van der Waals surface area (Å²) in [5, 5.41) is 0. The van der Waals surface area contributed by atoms with E-state index in [1.54, 1.807) is 0 Å². The third-order valence-corrected chi connectivity index (χ3v) is 0. The lowest BCUT2D eigenvalue weighted by molar-refractivity contribution is -0.294. The van der Waals surface area contributed by atoms with Crippen LogP contribution in [0.15, 0.2) is 0 Å². The SMILES string of the molecule is NP([O-])[O-].NP([O-])[O-]. The summed E-state index contributed by atoms with van der Waals surface area (Å²) in [5.74, 6) is 0. The van der Waals surface area contributed by atoms with Gasteiger partial charge >= 0.3 is 0 Å². The Morgan fingerprint density at radius 3 is 0.750 bits per heavy atom. The predicted molar refractivity (Wildman–Crippen MR) is 22.2 cm³/mol. The van der Waals surface area contributed by atoms with Gasteiger partial charge in [-0.05, 0) is 0 Å². The molecule has 0 aliphatic heterocycles. The quantitative estimate of drug-likeness (QED) is 0.341. The summed E-state index contributed by atoms with van der Waals surface area (Å²) >= 11 is 0. The average molecular weight is 158 g/mol. The zero-order chi connectivity index (χ0) is 7.15. The minimum atomic E-state index is -2.62. The molecule has 0 bridgehead atoms. The van der Waals surface area contributed by atoms with E-state index in [1.807, 2.05) is 0 Å². The molecule has 0 aromatic rings. The van der Waals surface area contributed by atoms with Crippen LogP contribution in [0.25, 0.3) is 0 Å². The molecule has 0 atom stereocenters. The van der Waals surface area contributed by atoms with Gasteiger partial charge in [0.2, 0.25) is 0 Å². The zero-order valence-corrected chi connectivity index (χ0v) is 5.47. The van der Waals surface area contributed by atoms with Crippen molar-refractivity contribution in [2.75, 3.05) is 0 Å². The van der Waals surface area contributed by atoms with E-state index < -0.39 is 17.1 Å². The lowest BCUT2D eigenvalue weighted by Gasteiger charge is -2.22. The Balaban J connectivity index is 0. The summed E-state index contributed by atoms with van der Waals surface area (Å²) < 4.78 is 0. The highest BCUT2D eigenvalue weighted by atomic mass is 31.2. The second-order valence-corrected chi connectivity index (χ2v) is 1.71. The minimum absolute atomic E-state index is 2.62. The predicted octanol–water partition coefficient (Wildman–Crippen LogP) is -4.21. The van der Waals surface area contributed by atoms with Crippen LogP contribution in [-0.2, 0) is 0 Å². The maximum absolute atomic E-state index is 8.81. The van der Waals surface area contributed by atoms with Crippen LogP contribution in [0.2, 0.25) is 0 Å². The number of nitrogens with two attached hydrogens (primary N) is 2. The molecule has 8 heavy (non-hydrogen) atoms. The summed E-state index contributed by atoms with van der Waals surface area (Å²) in [4.78, 5) is 35.3. The monoisotopic (exact) mass is 158 g/mol. The highest BCUT2D eigenvalue weighted by Crippen LogP contribution is 1.87. The lowest BCUT2D eigenvalue weighted by Crippen LogP contribution is -2.14. The van der Waals surface area contributed by atoms with Crippen molar-refractivity contribution in [3.63, 3.8) is 0 Å². The van der Waals surface area contributed by atoms with E-state index in [-0.39, 0.29) is 0 Å². The van der Waals surface area contributed by atoms with Crippen LogP contribution in [-0.4, -0.2) is 0 Å². The van der Waals surface area contributed by atoms with Crippen molar-refractivity contribution >= 4 is 17.1 Å². The van der Waals surface area contributed by atoms with Gasteiger partial charge in [0, 0.05) is 0 Å². The first-order valence-electron chi connectivity index (χ1n) is 1.25. The van der Waals surface area contributed by atoms with Gasteiger partial charge in [0.25, 0.3) is 0 Å². The summed E-state index contributed by atoms with van der Waals surface area (Å²) in [5.41, 5.74) is 8.13. The summed E-state index contributed by atoms with van der Waals surface area (Å²) in [7, 11) is -5.24. The third-order valence-electron chi connectivity index (χ3n) is 0. The van der Waals surface area contributed by atoms with Crippen molar-refractivity contribution in [2.45, 2.75) is 0 Å². The van der Waals surface area contributed by atoms with Crippen LogP contribution >= 0.6 is 17.1 Å². The molecule has 0 saturated carbocycles. The topological polar surface area (TPSA) is 144 Å². The fraction of sp³-hybridized carbons (Fsp3) is 0. The molecule has 0 unspecified atom stereocenters. The molecule has 0 aliphatic rings. The van der Waals surface area contributed by atoms with Gasteiger partial charge in [-0.25, -0.2) is 17.1 Å². The number of hydrogen-bond donors (Lipinski definition) is 2. The Kier molecular flexibility index (Phi) is 10.9.